The van der Waals surface area contributed by atoms with Crippen molar-refractivity contribution in [2.24, 2.45) is 5.73 Å². The molecule has 0 aromatic heterocycles. The number of nitrogens with zero attached hydrogens (tertiary/aromatic N) is 2. The third kappa shape index (κ3) is 4.25. The molecule has 2 N–H and O–H groups in total. The van der Waals surface area contributed by atoms with Crippen LogP contribution in [-0.2, 0) is 17.8 Å². The third-order valence-corrected chi connectivity index (χ3v) is 5.09. The highest BCUT2D eigenvalue weighted by Crippen LogP contribution is 2.21. The number of piperidine rings is 1. The van der Waals surface area contributed by atoms with E-state index in [0.29, 0.717) is 12.6 Å². The van der Waals surface area contributed by atoms with Crippen LogP contribution >= 0.6 is 12.4 Å². The van der Waals surface area contributed by atoms with E-state index in [2.05, 4.69) is 36.1 Å². The summed E-state index contributed by atoms with van der Waals surface area (Å²) >= 11 is 0. The lowest BCUT2D eigenvalue weighted by atomic mass is 9.96. The Balaban J connectivity index is 0.00000192. The van der Waals surface area contributed by atoms with Crippen molar-refractivity contribution in [3.05, 3.63) is 35.4 Å². The summed E-state index contributed by atoms with van der Waals surface area (Å²) in [4.78, 5) is 17.0. The van der Waals surface area contributed by atoms with Gasteiger partial charge in [0.2, 0.25) is 5.91 Å². The van der Waals surface area contributed by atoms with E-state index in [1.807, 2.05) is 4.90 Å². The normalized spacial score (nSPS) is 22.9. The number of carbonyl (C=O) groups is 1. The molecule has 3 rings (SSSR count). The van der Waals surface area contributed by atoms with Crippen LogP contribution in [0, 0.1) is 0 Å². The Bertz CT molecular complexity index is 535. The lowest BCUT2D eigenvalue weighted by molar-refractivity contribution is -0.134. The second-order valence-electron chi connectivity index (χ2n) is 6.73. The fourth-order valence-corrected chi connectivity index (χ4v) is 3.79. The molecule has 2 aliphatic rings. The maximum Gasteiger partial charge on any atom is 0.237 e. The van der Waals surface area contributed by atoms with Gasteiger partial charge in [0, 0.05) is 25.2 Å². The molecule has 1 saturated heterocycles. The molecule has 1 aromatic carbocycles. The zero-order chi connectivity index (χ0) is 15.5. The lowest BCUT2D eigenvalue weighted by Crippen LogP contribution is -2.53. The summed E-state index contributed by atoms with van der Waals surface area (Å²) in [7, 11) is 0. The Hall–Kier alpha value is -1.10. The van der Waals surface area contributed by atoms with Gasteiger partial charge in [0.25, 0.3) is 0 Å². The first kappa shape index (κ1) is 18.2. The van der Waals surface area contributed by atoms with Crippen LogP contribution in [0.2, 0.25) is 0 Å². The highest BCUT2D eigenvalue weighted by molar-refractivity contribution is 5.85. The number of rotatable bonds is 3. The molecule has 23 heavy (non-hydrogen) atoms. The highest BCUT2D eigenvalue weighted by Gasteiger charge is 2.29. The van der Waals surface area contributed by atoms with Crippen molar-refractivity contribution in [1.82, 2.24) is 9.80 Å². The number of hydrogen-bond acceptors (Lipinski definition) is 3. The minimum atomic E-state index is 0. The molecule has 1 aromatic rings. The number of fused-ring (bicyclic) bond motifs is 1. The zero-order valence-corrected chi connectivity index (χ0v) is 14.7. The molecule has 0 bridgehead atoms. The van der Waals surface area contributed by atoms with Crippen molar-refractivity contribution in [1.29, 1.82) is 0 Å². The molecule has 0 aliphatic carbocycles. The van der Waals surface area contributed by atoms with Crippen LogP contribution in [0.15, 0.2) is 24.3 Å². The molecule has 0 radical (unpaired) electrons. The fourth-order valence-electron chi connectivity index (χ4n) is 3.79. The first-order valence-electron chi connectivity index (χ1n) is 8.49. The molecule has 5 heteroatoms. The summed E-state index contributed by atoms with van der Waals surface area (Å²) < 4.78 is 0. The second kappa shape index (κ2) is 8.13. The predicted octanol–water partition coefficient (Wildman–Crippen LogP) is 2.19. The van der Waals surface area contributed by atoms with Crippen LogP contribution in [0.3, 0.4) is 0 Å². The molecule has 4 nitrogen and oxygen atoms in total. The largest absolute Gasteiger partial charge is 0.337 e. The van der Waals surface area contributed by atoms with Crippen molar-refractivity contribution in [2.45, 2.75) is 51.2 Å². The number of hydrogen-bond donors (Lipinski definition) is 1. The highest BCUT2D eigenvalue weighted by atomic mass is 35.5. The van der Waals surface area contributed by atoms with Crippen LogP contribution in [0.25, 0.3) is 0 Å². The Morgan fingerprint density at radius 3 is 2.74 bits per heavy atom. The van der Waals surface area contributed by atoms with E-state index in [9.17, 15) is 4.79 Å². The van der Waals surface area contributed by atoms with E-state index >= 15 is 0 Å². The van der Waals surface area contributed by atoms with Crippen molar-refractivity contribution in [2.75, 3.05) is 19.6 Å². The summed E-state index contributed by atoms with van der Waals surface area (Å²) in [6.07, 6.45) is 4.50. The van der Waals surface area contributed by atoms with Gasteiger partial charge in [-0.05, 0) is 43.9 Å². The molecule has 1 fully saturated rings. The maximum atomic E-state index is 12.7. The minimum absolute atomic E-state index is 0. The van der Waals surface area contributed by atoms with Crippen LogP contribution in [0.1, 0.15) is 37.3 Å². The Morgan fingerprint density at radius 1 is 1.26 bits per heavy atom. The maximum absolute atomic E-state index is 12.7. The van der Waals surface area contributed by atoms with E-state index in [4.69, 9.17) is 5.73 Å². The van der Waals surface area contributed by atoms with Crippen molar-refractivity contribution >= 4 is 18.3 Å². The van der Waals surface area contributed by atoms with E-state index in [-0.39, 0.29) is 24.4 Å². The minimum Gasteiger partial charge on any atom is -0.337 e. The zero-order valence-electron chi connectivity index (χ0n) is 13.9. The molecular weight excluding hydrogens is 310 g/mol. The number of halogens is 1. The van der Waals surface area contributed by atoms with Gasteiger partial charge < -0.3 is 10.6 Å². The van der Waals surface area contributed by atoms with Crippen molar-refractivity contribution < 1.29 is 4.79 Å². The van der Waals surface area contributed by atoms with Gasteiger partial charge in [-0.2, -0.15) is 0 Å². The van der Waals surface area contributed by atoms with Gasteiger partial charge in [-0.25, -0.2) is 0 Å². The number of likely N-dealkylation sites (tertiary alicyclic amines) is 1. The van der Waals surface area contributed by atoms with Crippen molar-refractivity contribution in [3.8, 4) is 0 Å². The summed E-state index contributed by atoms with van der Waals surface area (Å²) in [6, 6.07) is 8.94. The number of benzene rings is 1. The summed E-state index contributed by atoms with van der Waals surface area (Å²) in [5.41, 5.74) is 8.79. The summed E-state index contributed by atoms with van der Waals surface area (Å²) in [5.74, 6) is 0.252. The fraction of sp³-hybridized carbons (Fsp3) is 0.611. The third-order valence-electron chi connectivity index (χ3n) is 5.09. The van der Waals surface area contributed by atoms with Gasteiger partial charge in [0.15, 0.2) is 0 Å². The van der Waals surface area contributed by atoms with Crippen LogP contribution in [0.4, 0.5) is 0 Å². The average Bonchev–Trinajstić information content (AvgIpc) is 2.54. The van der Waals surface area contributed by atoms with Gasteiger partial charge in [0.1, 0.15) is 0 Å². The molecule has 2 aliphatic heterocycles. The molecule has 1 amide bonds. The molecule has 0 saturated carbocycles. The van der Waals surface area contributed by atoms with Gasteiger partial charge in [-0.1, -0.05) is 30.7 Å². The van der Waals surface area contributed by atoms with Gasteiger partial charge in [0.05, 0.1) is 6.54 Å². The monoisotopic (exact) mass is 337 g/mol. The summed E-state index contributed by atoms with van der Waals surface area (Å²) in [6.45, 7) is 5.18. The quantitative estimate of drug-likeness (QED) is 0.919. The van der Waals surface area contributed by atoms with Gasteiger partial charge in [-0.3, -0.25) is 9.69 Å². The Kier molecular flexibility index (Phi) is 6.45. The Labute approximate surface area is 145 Å². The van der Waals surface area contributed by atoms with E-state index in [0.717, 1.165) is 32.5 Å². The second-order valence-corrected chi connectivity index (χ2v) is 6.73. The number of amides is 1. The van der Waals surface area contributed by atoms with E-state index in [1.54, 1.807) is 0 Å². The number of carbonyl (C=O) groups excluding carboxylic acids is 1. The standard InChI is InChI=1S/C18H27N3O.ClH/c1-14(19)17-8-4-5-10-20(17)13-18(22)21-11-9-15-6-2-3-7-16(15)12-21;/h2-3,6-7,14,17H,4-5,8-13,19H2,1H3;1H. The SMILES string of the molecule is CC(N)C1CCCCN1CC(=O)N1CCc2ccccc2C1.Cl. The van der Waals surface area contributed by atoms with Crippen LogP contribution < -0.4 is 5.73 Å². The molecule has 2 heterocycles. The predicted molar refractivity (Wildman–Crippen MR) is 95.7 cm³/mol. The van der Waals surface area contributed by atoms with Crippen LogP contribution in [-0.4, -0.2) is 47.4 Å². The summed E-state index contributed by atoms with van der Waals surface area (Å²) in [5, 5.41) is 0. The topological polar surface area (TPSA) is 49.6 Å². The molecule has 2 atom stereocenters. The number of nitrogens with two attached hydrogens (primary N) is 1. The molecular formula is C18H28ClN3O. The smallest absolute Gasteiger partial charge is 0.237 e. The van der Waals surface area contributed by atoms with Gasteiger partial charge in [-0.15, -0.1) is 12.4 Å². The van der Waals surface area contributed by atoms with E-state index < -0.39 is 0 Å². The van der Waals surface area contributed by atoms with Crippen LogP contribution in [0.5, 0.6) is 0 Å². The molecule has 2 unspecified atom stereocenters. The molecule has 128 valence electrons. The average molecular weight is 338 g/mol. The van der Waals surface area contributed by atoms with Gasteiger partial charge >= 0.3 is 0 Å². The van der Waals surface area contributed by atoms with E-state index in [1.165, 1.54) is 24.0 Å². The first-order valence-corrected chi connectivity index (χ1v) is 8.49. The molecule has 0 spiro atoms. The Morgan fingerprint density at radius 2 is 2.00 bits per heavy atom. The lowest BCUT2D eigenvalue weighted by Gasteiger charge is -2.39. The first-order chi connectivity index (χ1) is 10.6. The van der Waals surface area contributed by atoms with Crippen molar-refractivity contribution in [3.63, 3.8) is 0 Å².